The second-order valence-electron chi connectivity index (χ2n) is 6.12. The zero-order valence-electron chi connectivity index (χ0n) is 13.1. The van der Waals surface area contributed by atoms with Crippen molar-refractivity contribution in [2.24, 2.45) is 0 Å². The molecule has 2 rings (SSSR count). The Morgan fingerprint density at radius 1 is 1.52 bits per heavy atom. The Balaban J connectivity index is 1.80. The molecule has 1 N–H and O–H groups in total. The number of amides is 1. The number of likely N-dealkylation sites (tertiary alicyclic amines) is 1. The maximum atomic E-state index is 12.2. The number of piperidine rings is 1. The first-order valence-electron chi connectivity index (χ1n) is 7.54. The van der Waals surface area contributed by atoms with Gasteiger partial charge < -0.3 is 10.0 Å². The van der Waals surface area contributed by atoms with Crippen LogP contribution in [0, 0.1) is 0 Å². The van der Waals surface area contributed by atoms with E-state index in [1.165, 1.54) is 0 Å². The maximum Gasteiger partial charge on any atom is 0.236 e. The SMILES string of the molecule is CC(C)c1nc(CN(C)CC(=O)N2CCC(O)CC2)cs1. The van der Waals surface area contributed by atoms with Gasteiger partial charge in [0.2, 0.25) is 5.91 Å². The van der Waals surface area contributed by atoms with Crippen molar-refractivity contribution in [3.63, 3.8) is 0 Å². The summed E-state index contributed by atoms with van der Waals surface area (Å²) in [7, 11) is 1.95. The summed E-state index contributed by atoms with van der Waals surface area (Å²) in [6.07, 6.45) is 1.15. The molecular formula is C15H25N3O2S. The van der Waals surface area contributed by atoms with Crippen molar-refractivity contribution in [2.45, 2.75) is 45.3 Å². The molecule has 0 radical (unpaired) electrons. The van der Waals surface area contributed by atoms with Crippen LogP contribution in [-0.4, -0.2) is 58.6 Å². The molecule has 1 aromatic heterocycles. The monoisotopic (exact) mass is 311 g/mol. The number of carbonyl (C=O) groups is 1. The zero-order valence-corrected chi connectivity index (χ0v) is 13.9. The number of aliphatic hydroxyl groups excluding tert-OH is 1. The van der Waals surface area contributed by atoms with E-state index in [-0.39, 0.29) is 12.0 Å². The van der Waals surface area contributed by atoms with E-state index in [9.17, 15) is 9.90 Å². The minimum atomic E-state index is -0.240. The third-order valence-electron chi connectivity index (χ3n) is 3.72. The average Bonchev–Trinajstić information content (AvgIpc) is 2.87. The molecule has 1 aliphatic heterocycles. The molecule has 2 heterocycles. The van der Waals surface area contributed by atoms with Crippen LogP contribution in [-0.2, 0) is 11.3 Å². The first-order valence-corrected chi connectivity index (χ1v) is 8.42. The number of hydrogen-bond donors (Lipinski definition) is 1. The summed E-state index contributed by atoms with van der Waals surface area (Å²) in [6.45, 7) is 6.72. The molecule has 21 heavy (non-hydrogen) atoms. The van der Waals surface area contributed by atoms with Gasteiger partial charge in [0, 0.05) is 30.9 Å². The van der Waals surface area contributed by atoms with Gasteiger partial charge in [-0.05, 0) is 19.9 Å². The van der Waals surface area contributed by atoms with Gasteiger partial charge in [-0.1, -0.05) is 13.8 Å². The molecule has 1 fully saturated rings. The quantitative estimate of drug-likeness (QED) is 0.899. The highest BCUT2D eigenvalue weighted by atomic mass is 32.1. The lowest BCUT2D eigenvalue weighted by Crippen LogP contribution is -2.44. The predicted molar refractivity (Wildman–Crippen MR) is 84.4 cm³/mol. The van der Waals surface area contributed by atoms with Crippen LogP contribution in [0.1, 0.15) is 43.3 Å². The fourth-order valence-corrected chi connectivity index (χ4v) is 3.27. The Hall–Kier alpha value is -0.980. The fourth-order valence-electron chi connectivity index (χ4n) is 2.44. The van der Waals surface area contributed by atoms with Crippen molar-refractivity contribution in [3.05, 3.63) is 16.1 Å². The molecule has 1 aromatic rings. The van der Waals surface area contributed by atoms with E-state index in [0.29, 0.717) is 44.9 Å². The van der Waals surface area contributed by atoms with Gasteiger partial charge in [0.25, 0.3) is 0 Å². The van der Waals surface area contributed by atoms with Gasteiger partial charge in [-0.25, -0.2) is 4.98 Å². The van der Waals surface area contributed by atoms with Crippen LogP contribution in [0.4, 0.5) is 0 Å². The zero-order chi connectivity index (χ0) is 15.4. The number of thiazole rings is 1. The second-order valence-corrected chi connectivity index (χ2v) is 7.01. The molecule has 0 spiro atoms. The third-order valence-corrected chi connectivity index (χ3v) is 4.91. The number of aromatic nitrogens is 1. The second kappa shape index (κ2) is 7.33. The van der Waals surface area contributed by atoms with Crippen molar-refractivity contribution in [1.82, 2.24) is 14.8 Å². The van der Waals surface area contributed by atoms with E-state index < -0.39 is 0 Å². The largest absolute Gasteiger partial charge is 0.393 e. The molecule has 0 atom stereocenters. The first-order chi connectivity index (χ1) is 9.95. The van der Waals surface area contributed by atoms with Gasteiger partial charge in [0.15, 0.2) is 0 Å². The van der Waals surface area contributed by atoms with E-state index in [1.807, 2.05) is 16.8 Å². The van der Waals surface area contributed by atoms with Gasteiger partial charge in [0.1, 0.15) is 0 Å². The van der Waals surface area contributed by atoms with E-state index in [0.717, 1.165) is 10.7 Å². The highest BCUT2D eigenvalue weighted by Gasteiger charge is 2.22. The summed E-state index contributed by atoms with van der Waals surface area (Å²) in [5.41, 5.74) is 1.04. The van der Waals surface area contributed by atoms with Crippen LogP contribution in [0.5, 0.6) is 0 Å². The lowest BCUT2D eigenvalue weighted by Gasteiger charge is -2.30. The Morgan fingerprint density at radius 3 is 2.76 bits per heavy atom. The Labute approximate surface area is 130 Å². The molecule has 118 valence electrons. The molecule has 0 saturated carbocycles. The molecule has 1 aliphatic rings. The summed E-state index contributed by atoms with van der Waals surface area (Å²) < 4.78 is 0. The van der Waals surface area contributed by atoms with Crippen molar-refractivity contribution in [3.8, 4) is 0 Å². The minimum absolute atomic E-state index is 0.142. The molecule has 5 nitrogen and oxygen atoms in total. The van der Waals surface area contributed by atoms with E-state index in [1.54, 1.807) is 11.3 Å². The number of hydrogen-bond acceptors (Lipinski definition) is 5. The highest BCUT2D eigenvalue weighted by molar-refractivity contribution is 7.09. The molecular weight excluding hydrogens is 286 g/mol. The fraction of sp³-hybridized carbons (Fsp3) is 0.733. The summed E-state index contributed by atoms with van der Waals surface area (Å²) in [5, 5.41) is 12.7. The molecule has 0 aromatic carbocycles. The Kier molecular flexibility index (Phi) is 5.72. The molecule has 6 heteroatoms. The van der Waals surface area contributed by atoms with Gasteiger partial charge in [-0.15, -0.1) is 11.3 Å². The first kappa shape index (κ1) is 16.4. The Bertz CT molecular complexity index is 467. The minimum Gasteiger partial charge on any atom is -0.393 e. The standard InChI is InChI=1S/C15H25N3O2S/c1-11(2)15-16-12(10-21-15)8-17(3)9-14(20)18-6-4-13(19)5-7-18/h10-11,13,19H,4-9H2,1-3H3. The third kappa shape index (κ3) is 4.76. The summed E-state index contributed by atoms with van der Waals surface area (Å²) >= 11 is 1.69. The number of aliphatic hydroxyl groups is 1. The summed E-state index contributed by atoms with van der Waals surface area (Å²) in [4.78, 5) is 20.7. The van der Waals surface area contributed by atoms with Crippen molar-refractivity contribution >= 4 is 17.2 Å². The van der Waals surface area contributed by atoms with Crippen molar-refractivity contribution in [2.75, 3.05) is 26.7 Å². The predicted octanol–water partition coefficient (Wildman–Crippen LogP) is 1.68. The van der Waals surface area contributed by atoms with Crippen LogP contribution in [0.25, 0.3) is 0 Å². The van der Waals surface area contributed by atoms with E-state index >= 15 is 0 Å². The highest BCUT2D eigenvalue weighted by Crippen LogP contribution is 2.19. The van der Waals surface area contributed by atoms with Gasteiger partial charge >= 0.3 is 0 Å². The number of carbonyl (C=O) groups excluding carboxylic acids is 1. The van der Waals surface area contributed by atoms with Crippen molar-refractivity contribution < 1.29 is 9.90 Å². The van der Waals surface area contributed by atoms with Crippen LogP contribution in [0.2, 0.25) is 0 Å². The lowest BCUT2D eigenvalue weighted by atomic mass is 10.1. The number of likely N-dealkylation sites (N-methyl/N-ethyl adjacent to an activating group) is 1. The lowest BCUT2D eigenvalue weighted by molar-refractivity contribution is -0.134. The number of rotatable bonds is 5. The number of nitrogens with zero attached hydrogens (tertiary/aromatic N) is 3. The topological polar surface area (TPSA) is 56.7 Å². The molecule has 0 aliphatic carbocycles. The summed E-state index contributed by atoms with van der Waals surface area (Å²) in [5.74, 6) is 0.596. The molecule has 0 bridgehead atoms. The van der Waals surface area contributed by atoms with Crippen LogP contribution < -0.4 is 0 Å². The maximum absolute atomic E-state index is 12.2. The molecule has 1 saturated heterocycles. The molecule has 1 amide bonds. The van der Waals surface area contributed by atoms with E-state index in [2.05, 4.69) is 24.2 Å². The van der Waals surface area contributed by atoms with Crippen molar-refractivity contribution in [1.29, 1.82) is 0 Å². The van der Waals surface area contributed by atoms with Gasteiger partial charge in [-0.3, -0.25) is 9.69 Å². The van der Waals surface area contributed by atoms with Gasteiger partial charge in [0.05, 0.1) is 23.4 Å². The Morgan fingerprint density at radius 2 is 2.19 bits per heavy atom. The summed E-state index contributed by atoms with van der Waals surface area (Å²) in [6, 6.07) is 0. The van der Waals surface area contributed by atoms with Crippen LogP contribution in [0.15, 0.2) is 5.38 Å². The van der Waals surface area contributed by atoms with E-state index in [4.69, 9.17) is 0 Å². The molecule has 0 unspecified atom stereocenters. The van der Waals surface area contributed by atoms with Gasteiger partial charge in [-0.2, -0.15) is 0 Å². The van der Waals surface area contributed by atoms with Crippen LogP contribution in [0.3, 0.4) is 0 Å². The average molecular weight is 311 g/mol. The normalized spacial score (nSPS) is 17.0. The van der Waals surface area contributed by atoms with Crippen LogP contribution >= 0.6 is 11.3 Å². The smallest absolute Gasteiger partial charge is 0.236 e.